The molecule has 1 aromatic rings. The van der Waals surface area contributed by atoms with Crippen molar-refractivity contribution >= 4 is 10.4 Å². The van der Waals surface area contributed by atoms with Gasteiger partial charge in [-0.1, -0.05) is 39.2 Å². The molecule has 1 aromatic carbocycles. The van der Waals surface area contributed by atoms with Gasteiger partial charge < -0.3 is 9.29 Å². The number of unbranched alkanes of at least 4 members (excludes halogenated alkanes) is 3. The molecule has 0 aliphatic carbocycles. The van der Waals surface area contributed by atoms with Crippen molar-refractivity contribution in [3.63, 3.8) is 0 Å². The third kappa shape index (κ3) is 7.83. The van der Waals surface area contributed by atoms with Gasteiger partial charge in [-0.15, -0.1) is 5.75 Å². The van der Waals surface area contributed by atoms with Gasteiger partial charge in [0.2, 0.25) is 0 Å². The SMILES string of the molecule is CCCCCc1cc([O-])c(CCCC)c(OS(=O)(=O)O)c1.[Na+]. The van der Waals surface area contributed by atoms with Crippen LogP contribution < -0.4 is 38.8 Å². The number of rotatable bonds is 9. The van der Waals surface area contributed by atoms with E-state index in [9.17, 15) is 13.5 Å². The second-order valence-corrected chi connectivity index (χ2v) is 6.16. The maximum atomic E-state index is 12.1. The van der Waals surface area contributed by atoms with E-state index in [0.29, 0.717) is 18.4 Å². The molecule has 0 aromatic heterocycles. The average Bonchev–Trinajstić information content (AvgIpc) is 2.36. The Bertz CT molecular complexity index is 557. The molecule has 120 valence electrons. The summed E-state index contributed by atoms with van der Waals surface area (Å²) in [5, 5.41) is 12.1. The van der Waals surface area contributed by atoms with Gasteiger partial charge in [0.15, 0.2) is 0 Å². The predicted molar refractivity (Wildman–Crippen MR) is 79.9 cm³/mol. The van der Waals surface area contributed by atoms with Gasteiger partial charge in [-0.2, -0.15) is 8.42 Å². The largest absolute Gasteiger partial charge is 1.00 e. The van der Waals surface area contributed by atoms with Crippen molar-refractivity contribution in [2.24, 2.45) is 0 Å². The molecular weight excluding hydrogens is 315 g/mol. The van der Waals surface area contributed by atoms with Gasteiger partial charge in [0.05, 0.1) is 0 Å². The minimum atomic E-state index is -4.62. The summed E-state index contributed by atoms with van der Waals surface area (Å²) in [6.45, 7) is 4.06. The van der Waals surface area contributed by atoms with Crippen LogP contribution in [-0.2, 0) is 23.2 Å². The number of hydrogen-bond donors (Lipinski definition) is 1. The first-order valence-electron chi connectivity index (χ1n) is 7.37. The summed E-state index contributed by atoms with van der Waals surface area (Å²) in [5.41, 5.74) is 1.06. The molecular formula is C15H23NaO5S. The van der Waals surface area contributed by atoms with Gasteiger partial charge in [-0.3, -0.25) is 4.55 Å². The second-order valence-electron chi connectivity index (χ2n) is 5.14. The van der Waals surface area contributed by atoms with E-state index >= 15 is 0 Å². The molecule has 0 unspecified atom stereocenters. The summed E-state index contributed by atoms with van der Waals surface area (Å²) in [6.07, 6.45) is 5.80. The van der Waals surface area contributed by atoms with E-state index < -0.39 is 10.4 Å². The average molecular weight is 338 g/mol. The van der Waals surface area contributed by atoms with Gasteiger partial charge in [0.25, 0.3) is 0 Å². The van der Waals surface area contributed by atoms with Crippen molar-refractivity contribution in [1.29, 1.82) is 0 Å². The van der Waals surface area contributed by atoms with Crippen molar-refractivity contribution in [3.05, 3.63) is 23.3 Å². The molecule has 5 nitrogen and oxygen atoms in total. The second kappa shape index (κ2) is 10.5. The molecule has 0 aliphatic rings. The molecule has 7 heteroatoms. The Morgan fingerprint density at radius 1 is 1.09 bits per heavy atom. The van der Waals surface area contributed by atoms with E-state index in [-0.39, 0.29) is 41.1 Å². The van der Waals surface area contributed by atoms with Crippen molar-refractivity contribution in [2.45, 2.75) is 58.8 Å². The fourth-order valence-corrected chi connectivity index (χ4v) is 2.56. The van der Waals surface area contributed by atoms with Crippen LogP contribution in [0.3, 0.4) is 0 Å². The Labute approximate surface area is 155 Å². The summed E-state index contributed by atoms with van der Waals surface area (Å²) in [6, 6.07) is 3.09. The van der Waals surface area contributed by atoms with Crippen LogP contribution >= 0.6 is 0 Å². The van der Waals surface area contributed by atoms with Crippen molar-refractivity contribution in [3.8, 4) is 11.5 Å². The predicted octanol–water partition coefficient (Wildman–Crippen LogP) is 0.0211. The topological polar surface area (TPSA) is 86.7 Å². The molecule has 0 radical (unpaired) electrons. The summed E-state index contributed by atoms with van der Waals surface area (Å²) in [7, 11) is -4.62. The fraction of sp³-hybridized carbons (Fsp3) is 0.600. The molecule has 0 saturated heterocycles. The molecule has 0 bridgehead atoms. The molecule has 0 atom stereocenters. The standard InChI is InChI=1S/C15H24O5S.Na/c1-3-5-7-8-12-10-14(16)13(9-6-4-2)15(11-12)20-21(17,18)19;/h10-11,16H,3-9H2,1-2H3,(H,17,18,19);/q;+1/p-1. The van der Waals surface area contributed by atoms with Gasteiger partial charge in [0.1, 0.15) is 5.75 Å². The van der Waals surface area contributed by atoms with Crippen LogP contribution in [0.2, 0.25) is 0 Å². The molecule has 1 rings (SSSR count). The minimum absolute atomic E-state index is 0. The molecule has 0 aliphatic heterocycles. The molecule has 22 heavy (non-hydrogen) atoms. The monoisotopic (exact) mass is 338 g/mol. The van der Waals surface area contributed by atoms with Crippen LogP contribution in [0, 0.1) is 0 Å². The quantitative estimate of drug-likeness (QED) is 0.390. The first-order valence-corrected chi connectivity index (χ1v) is 8.73. The van der Waals surface area contributed by atoms with E-state index in [2.05, 4.69) is 11.1 Å². The van der Waals surface area contributed by atoms with Gasteiger partial charge in [0, 0.05) is 0 Å². The smallest absolute Gasteiger partial charge is 0.872 e. The summed E-state index contributed by atoms with van der Waals surface area (Å²) in [5.74, 6) is -0.263. The Morgan fingerprint density at radius 2 is 1.73 bits per heavy atom. The van der Waals surface area contributed by atoms with Gasteiger partial charge >= 0.3 is 40.0 Å². The normalized spacial score (nSPS) is 11.0. The molecule has 1 N–H and O–H groups in total. The van der Waals surface area contributed by atoms with Crippen LogP contribution in [0.15, 0.2) is 12.1 Å². The first kappa shape index (κ1) is 21.7. The maximum absolute atomic E-state index is 12.1. The van der Waals surface area contributed by atoms with E-state index in [1.165, 1.54) is 6.07 Å². The Morgan fingerprint density at radius 3 is 2.27 bits per heavy atom. The van der Waals surface area contributed by atoms with Crippen LogP contribution in [-0.4, -0.2) is 13.0 Å². The van der Waals surface area contributed by atoms with E-state index in [4.69, 9.17) is 4.55 Å². The molecule has 0 amide bonds. The van der Waals surface area contributed by atoms with Crippen LogP contribution in [0.4, 0.5) is 0 Å². The summed E-state index contributed by atoms with van der Waals surface area (Å²) < 4.78 is 35.3. The van der Waals surface area contributed by atoms with E-state index in [1.807, 2.05) is 6.92 Å². The zero-order valence-electron chi connectivity index (χ0n) is 13.6. The number of benzene rings is 1. The van der Waals surface area contributed by atoms with Crippen molar-refractivity contribution < 1.29 is 51.8 Å². The fourth-order valence-electron chi connectivity index (χ4n) is 2.19. The van der Waals surface area contributed by atoms with Crippen LogP contribution in [0.25, 0.3) is 0 Å². The molecule has 0 spiro atoms. The third-order valence-corrected chi connectivity index (χ3v) is 3.66. The number of hydrogen-bond acceptors (Lipinski definition) is 4. The summed E-state index contributed by atoms with van der Waals surface area (Å²) in [4.78, 5) is 0. The van der Waals surface area contributed by atoms with Crippen LogP contribution in [0.1, 0.15) is 57.1 Å². The molecule has 0 fully saturated rings. The third-order valence-electron chi connectivity index (χ3n) is 3.27. The first-order chi connectivity index (χ1) is 9.87. The zero-order valence-corrected chi connectivity index (χ0v) is 16.4. The van der Waals surface area contributed by atoms with Crippen molar-refractivity contribution in [2.75, 3.05) is 0 Å². The van der Waals surface area contributed by atoms with Crippen molar-refractivity contribution in [1.82, 2.24) is 0 Å². The van der Waals surface area contributed by atoms with E-state index in [1.54, 1.807) is 6.07 Å². The number of aryl methyl sites for hydroxylation is 1. The maximum Gasteiger partial charge on any atom is 1.00 e. The van der Waals surface area contributed by atoms with Gasteiger partial charge in [-0.25, -0.2) is 0 Å². The Balaban J connectivity index is 0.00000441. The molecule has 0 heterocycles. The minimum Gasteiger partial charge on any atom is -0.872 e. The van der Waals surface area contributed by atoms with Crippen LogP contribution in [0.5, 0.6) is 11.5 Å². The Kier molecular flexibility index (Phi) is 10.4. The summed E-state index contributed by atoms with van der Waals surface area (Å²) >= 11 is 0. The zero-order chi connectivity index (χ0) is 15.9. The van der Waals surface area contributed by atoms with Gasteiger partial charge in [-0.05, 0) is 42.9 Å². The molecule has 0 saturated carbocycles. The Hall–Kier alpha value is -0.270. The van der Waals surface area contributed by atoms with E-state index in [0.717, 1.165) is 37.7 Å².